The number of nitrogens with one attached hydrogen (secondary N) is 2. The van der Waals surface area contributed by atoms with Gasteiger partial charge in [-0.3, -0.25) is 9.59 Å². The summed E-state index contributed by atoms with van der Waals surface area (Å²) in [4.78, 5) is 23.7. The van der Waals surface area contributed by atoms with Crippen molar-refractivity contribution in [3.05, 3.63) is 47.9 Å². The molecule has 1 heterocycles. The zero-order valence-corrected chi connectivity index (χ0v) is 13.2. The van der Waals surface area contributed by atoms with E-state index in [1.165, 1.54) is 32.8 Å². The Kier molecular flexibility index (Phi) is 5.95. The summed E-state index contributed by atoms with van der Waals surface area (Å²) in [5, 5.41) is 6.19. The minimum Gasteiger partial charge on any atom is -0.493 e. The van der Waals surface area contributed by atoms with Crippen LogP contribution in [0.25, 0.3) is 0 Å². The fourth-order valence-corrected chi connectivity index (χ4v) is 1.81. The second-order valence-electron chi connectivity index (χ2n) is 4.56. The third-order valence-corrected chi connectivity index (χ3v) is 2.98. The van der Waals surface area contributed by atoms with Gasteiger partial charge in [-0.25, -0.2) is 5.43 Å². The number of benzene rings is 1. The van der Waals surface area contributed by atoms with Crippen LogP contribution in [-0.4, -0.2) is 38.8 Å². The number of furan rings is 1. The Hall–Kier alpha value is -3.29. The number of hydrogen-bond acceptors (Lipinski definition) is 6. The summed E-state index contributed by atoms with van der Waals surface area (Å²) in [5.74, 6) is 0.564. The van der Waals surface area contributed by atoms with Crippen LogP contribution >= 0.6 is 0 Å². The van der Waals surface area contributed by atoms with Crippen molar-refractivity contribution in [1.82, 2.24) is 10.7 Å². The van der Waals surface area contributed by atoms with Crippen LogP contribution in [-0.2, 0) is 4.79 Å². The molecule has 0 bridgehead atoms. The molecule has 0 atom stereocenters. The van der Waals surface area contributed by atoms with E-state index in [0.717, 1.165) is 0 Å². The molecule has 2 aromatic rings. The molecule has 0 spiro atoms. The molecule has 8 nitrogen and oxygen atoms in total. The maximum atomic E-state index is 12.0. The average molecular weight is 331 g/mol. The van der Waals surface area contributed by atoms with E-state index in [0.29, 0.717) is 22.8 Å². The van der Waals surface area contributed by atoms with E-state index in [1.807, 2.05) is 0 Å². The molecule has 0 aliphatic heterocycles. The number of ether oxygens (including phenoxy) is 2. The van der Waals surface area contributed by atoms with Gasteiger partial charge in [0.25, 0.3) is 11.8 Å². The van der Waals surface area contributed by atoms with Gasteiger partial charge in [-0.2, -0.15) is 5.10 Å². The van der Waals surface area contributed by atoms with Crippen molar-refractivity contribution in [3.8, 4) is 11.5 Å². The van der Waals surface area contributed by atoms with Gasteiger partial charge in [-0.15, -0.1) is 0 Å². The first-order chi connectivity index (χ1) is 11.6. The Morgan fingerprint density at radius 3 is 2.67 bits per heavy atom. The molecule has 1 aromatic heterocycles. The van der Waals surface area contributed by atoms with Crippen LogP contribution in [0.3, 0.4) is 0 Å². The third kappa shape index (κ3) is 4.60. The maximum Gasteiger partial charge on any atom is 0.259 e. The minimum atomic E-state index is -0.466. The number of methoxy groups -OCH3 is 2. The standard InChI is InChI=1S/C16H17N3O5/c1-22-13-6-5-11(8-14(13)23-2)16(21)17-10-15(20)19-18-9-12-4-3-7-24-12/h3-9H,10H2,1-2H3,(H,17,21)(H,19,20)/b18-9-. The smallest absolute Gasteiger partial charge is 0.259 e. The fraction of sp³-hybridized carbons (Fsp3) is 0.188. The van der Waals surface area contributed by atoms with Gasteiger partial charge in [0.15, 0.2) is 11.5 Å². The van der Waals surface area contributed by atoms with Crippen molar-refractivity contribution in [2.45, 2.75) is 0 Å². The van der Waals surface area contributed by atoms with E-state index in [1.54, 1.807) is 24.3 Å². The number of hydrazone groups is 1. The van der Waals surface area contributed by atoms with Crippen molar-refractivity contribution < 1.29 is 23.5 Å². The molecule has 2 amide bonds. The lowest BCUT2D eigenvalue weighted by Gasteiger charge is -2.09. The number of nitrogens with zero attached hydrogens (tertiary/aromatic N) is 1. The Morgan fingerprint density at radius 1 is 1.21 bits per heavy atom. The predicted molar refractivity (Wildman–Crippen MR) is 86.3 cm³/mol. The van der Waals surface area contributed by atoms with Crippen molar-refractivity contribution >= 4 is 18.0 Å². The summed E-state index contributed by atoms with van der Waals surface area (Å²) in [6.45, 7) is -0.220. The van der Waals surface area contributed by atoms with E-state index in [9.17, 15) is 9.59 Å². The topological polar surface area (TPSA) is 102 Å². The van der Waals surface area contributed by atoms with Crippen molar-refractivity contribution in [3.63, 3.8) is 0 Å². The van der Waals surface area contributed by atoms with Gasteiger partial charge in [0.1, 0.15) is 5.76 Å². The molecular formula is C16H17N3O5. The number of carbonyl (C=O) groups is 2. The number of rotatable bonds is 7. The SMILES string of the molecule is COc1ccc(C(=O)NCC(=O)N/N=C\c2ccco2)cc1OC. The molecule has 0 radical (unpaired) electrons. The molecule has 0 aliphatic rings. The summed E-state index contributed by atoms with van der Waals surface area (Å²) >= 11 is 0. The Balaban J connectivity index is 1.85. The van der Waals surface area contributed by atoms with E-state index in [-0.39, 0.29) is 6.54 Å². The monoisotopic (exact) mass is 331 g/mol. The highest BCUT2D eigenvalue weighted by Gasteiger charge is 2.11. The Labute approximate surface area is 138 Å². The van der Waals surface area contributed by atoms with E-state index in [4.69, 9.17) is 13.9 Å². The van der Waals surface area contributed by atoms with Gasteiger partial charge < -0.3 is 19.2 Å². The van der Waals surface area contributed by atoms with Gasteiger partial charge in [0, 0.05) is 5.56 Å². The summed E-state index contributed by atoms with van der Waals surface area (Å²) in [7, 11) is 2.98. The van der Waals surface area contributed by atoms with Crippen molar-refractivity contribution in [1.29, 1.82) is 0 Å². The zero-order chi connectivity index (χ0) is 17.4. The van der Waals surface area contributed by atoms with Crippen LogP contribution in [0.4, 0.5) is 0 Å². The third-order valence-electron chi connectivity index (χ3n) is 2.98. The van der Waals surface area contributed by atoms with Crippen molar-refractivity contribution in [2.75, 3.05) is 20.8 Å². The van der Waals surface area contributed by atoms with E-state index < -0.39 is 11.8 Å². The van der Waals surface area contributed by atoms with Gasteiger partial charge in [0.2, 0.25) is 0 Å². The largest absolute Gasteiger partial charge is 0.493 e. The molecular weight excluding hydrogens is 314 g/mol. The summed E-state index contributed by atoms with van der Waals surface area (Å²) in [6, 6.07) is 8.10. The highest BCUT2D eigenvalue weighted by molar-refractivity contribution is 5.97. The van der Waals surface area contributed by atoms with Gasteiger partial charge in [0.05, 0.1) is 33.2 Å². The number of hydrogen-bond donors (Lipinski definition) is 2. The molecule has 0 aliphatic carbocycles. The maximum absolute atomic E-state index is 12.0. The lowest BCUT2D eigenvalue weighted by Crippen LogP contribution is -2.34. The highest BCUT2D eigenvalue weighted by Crippen LogP contribution is 2.27. The molecule has 24 heavy (non-hydrogen) atoms. The highest BCUT2D eigenvalue weighted by atomic mass is 16.5. The predicted octanol–water partition coefficient (Wildman–Crippen LogP) is 1.18. The number of carbonyl (C=O) groups excluding carboxylic acids is 2. The van der Waals surface area contributed by atoms with Crippen LogP contribution in [0, 0.1) is 0 Å². The number of amides is 2. The Morgan fingerprint density at radius 2 is 2.00 bits per heavy atom. The minimum absolute atomic E-state index is 0.220. The second kappa shape index (κ2) is 8.37. The Bertz CT molecular complexity index is 725. The molecule has 2 rings (SSSR count). The van der Waals surface area contributed by atoms with Gasteiger partial charge in [-0.1, -0.05) is 0 Å². The first kappa shape index (κ1) is 17.1. The first-order valence-corrected chi connectivity index (χ1v) is 6.99. The molecule has 8 heteroatoms. The molecule has 0 unspecified atom stereocenters. The van der Waals surface area contributed by atoms with Crippen LogP contribution in [0.5, 0.6) is 11.5 Å². The van der Waals surface area contributed by atoms with Gasteiger partial charge in [-0.05, 0) is 30.3 Å². The second-order valence-corrected chi connectivity index (χ2v) is 4.56. The molecule has 1 aromatic carbocycles. The molecule has 2 N–H and O–H groups in total. The summed E-state index contributed by atoms with van der Waals surface area (Å²) in [6.07, 6.45) is 2.85. The fourth-order valence-electron chi connectivity index (χ4n) is 1.81. The summed E-state index contributed by atoms with van der Waals surface area (Å²) < 4.78 is 15.2. The van der Waals surface area contributed by atoms with E-state index >= 15 is 0 Å². The molecule has 0 saturated carbocycles. The van der Waals surface area contributed by atoms with Crippen LogP contribution in [0.1, 0.15) is 16.1 Å². The lowest BCUT2D eigenvalue weighted by atomic mass is 10.2. The molecule has 126 valence electrons. The quantitative estimate of drug-likeness (QED) is 0.586. The lowest BCUT2D eigenvalue weighted by molar-refractivity contribution is -0.120. The van der Waals surface area contributed by atoms with Crippen molar-refractivity contribution in [2.24, 2.45) is 5.10 Å². The van der Waals surface area contributed by atoms with Crippen LogP contribution < -0.4 is 20.2 Å². The average Bonchev–Trinajstić information content (AvgIpc) is 3.12. The van der Waals surface area contributed by atoms with Gasteiger partial charge >= 0.3 is 0 Å². The zero-order valence-electron chi connectivity index (χ0n) is 13.2. The van der Waals surface area contributed by atoms with Crippen LogP contribution in [0.2, 0.25) is 0 Å². The van der Waals surface area contributed by atoms with Crippen LogP contribution in [0.15, 0.2) is 46.1 Å². The summed E-state index contributed by atoms with van der Waals surface area (Å²) in [5.41, 5.74) is 2.63. The normalized spacial score (nSPS) is 10.4. The molecule has 0 saturated heterocycles. The van der Waals surface area contributed by atoms with E-state index in [2.05, 4.69) is 15.8 Å². The first-order valence-electron chi connectivity index (χ1n) is 6.99. The molecule has 0 fully saturated rings.